The summed E-state index contributed by atoms with van der Waals surface area (Å²) in [4.78, 5) is 28.2. The summed E-state index contributed by atoms with van der Waals surface area (Å²) in [5.41, 5.74) is 5.74. The molecule has 4 atom stereocenters. The summed E-state index contributed by atoms with van der Waals surface area (Å²) in [5, 5.41) is 19.8. The van der Waals surface area contributed by atoms with Gasteiger partial charge in [0.1, 0.15) is 5.70 Å². The number of aliphatic hydroxyl groups excluding tert-OH is 2. The molecule has 0 aromatic heterocycles. The van der Waals surface area contributed by atoms with Gasteiger partial charge in [-0.05, 0) is 65.3 Å². The van der Waals surface area contributed by atoms with Crippen LogP contribution in [0.4, 0.5) is 0 Å². The van der Waals surface area contributed by atoms with Gasteiger partial charge >= 0.3 is 5.97 Å². The normalized spacial score (nSPS) is 24.3. The minimum absolute atomic E-state index is 0.0597. The number of amides is 1. The summed E-state index contributed by atoms with van der Waals surface area (Å²) in [6.45, 7) is 4.93. The predicted octanol–water partition coefficient (Wildman–Crippen LogP) is 3.00. The van der Waals surface area contributed by atoms with Gasteiger partial charge in [0.15, 0.2) is 0 Å². The number of carbonyl (C=O) groups excluding carboxylic acids is 2. The molecule has 0 radical (unpaired) electrons. The van der Waals surface area contributed by atoms with E-state index in [2.05, 4.69) is 28.6 Å². The molecule has 2 N–H and O–H groups in total. The fraction of sp³-hybridized carbons (Fsp3) is 0.407. The van der Waals surface area contributed by atoms with Gasteiger partial charge in [0.05, 0.1) is 25.2 Å². The van der Waals surface area contributed by atoms with Crippen LogP contribution in [-0.2, 0) is 27.3 Å². The second-order valence-corrected chi connectivity index (χ2v) is 10.6. The number of rotatable bonds is 7. The molecule has 1 amide bonds. The lowest BCUT2D eigenvalue weighted by molar-refractivity contribution is -0.163. The molecule has 3 aliphatic heterocycles. The summed E-state index contributed by atoms with van der Waals surface area (Å²) in [6.07, 6.45) is -0.192. The first-order valence-electron chi connectivity index (χ1n) is 11.9. The number of carbonyl (C=O) groups is 2. The Bertz CT molecular complexity index is 1200. The van der Waals surface area contributed by atoms with Gasteiger partial charge in [0.2, 0.25) is 5.91 Å². The molecule has 3 aliphatic rings. The molecular weight excluding hydrogens is 464 g/mol. The number of benzene rings is 2. The molecule has 0 saturated carbocycles. The Balaban J connectivity index is 1.44. The molecule has 8 heteroatoms. The first-order chi connectivity index (χ1) is 16.8. The van der Waals surface area contributed by atoms with Gasteiger partial charge in [-0.3, -0.25) is 4.79 Å². The maximum Gasteiger partial charge on any atom is 0.354 e. The van der Waals surface area contributed by atoms with Crippen LogP contribution < -0.4 is 0 Å². The van der Waals surface area contributed by atoms with Gasteiger partial charge in [0, 0.05) is 30.5 Å². The van der Waals surface area contributed by atoms with Crippen LogP contribution in [0.15, 0.2) is 58.6 Å². The smallest absolute Gasteiger partial charge is 0.354 e. The van der Waals surface area contributed by atoms with Gasteiger partial charge in [-0.2, -0.15) is 0 Å². The predicted molar refractivity (Wildman–Crippen MR) is 133 cm³/mol. The van der Waals surface area contributed by atoms with E-state index in [0.717, 1.165) is 27.2 Å². The van der Waals surface area contributed by atoms with Crippen LogP contribution in [0.3, 0.4) is 0 Å². The SMILES string of the molecule is COC(=O)C1=C(CN2Cc3cc(-c4ccccc4)c(CCO)cc3S2)C(C)C2C(C(C)O)C(=O)N12. The van der Waals surface area contributed by atoms with Crippen molar-refractivity contribution in [3.8, 4) is 11.1 Å². The maximum atomic E-state index is 12.8. The number of hydrogen-bond donors (Lipinski definition) is 2. The zero-order valence-corrected chi connectivity index (χ0v) is 20.9. The van der Waals surface area contributed by atoms with Crippen molar-refractivity contribution in [2.75, 3.05) is 20.3 Å². The van der Waals surface area contributed by atoms with Crippen molar-refractivity contribution >= 4 is 23.8 Å². The highest BCUT2D eigenvalue weighted by atomic mass is 32.2. The van der Waals surface area contributed by atoms with Gasteiger partial charge in [0.25, 0.3) is 0 Å². The molecular formula is C27H30N2O5S. The molecule has 3 heterocycles. The third-order valence-electron chi connectivity index (χ3n) is 7.37. The number of hydrogen-bond acceptors (Lipinski definition) is 7. The van der Waals surface area contributed by atoms with E-state index in [4.69, 9.17) is 4.74 Å². The molecule has 1 fully saturated rings. The Labute approximate surface area is 209 Å². The lowest BCUT2D eigenvalue weighted by Crippen LogP contribution is -2.63. The number of methoxy groups -OCH3 is 1. The Hall–Kier alpha value is -2.65. The van der Waals surface area contributed by atoms with Crippen molar-refractivity contribution in [2.45, 2.75) is 43.9 Å². The van der Waals surface area contributed by atoms with Crippen molar-refractivity contribution in [3.05, 3.63) is 64.9 Å². The summed E-state index contributed by atoms with van der Waals surface area (Å²) in [5.74, 6) is -1.29. The molecule has 0 bridgehead atoms. The molecule has 4 unspecified atom stereocenters. The number of esters is 1. The van der Waals surface area contributed by atoms with E-state index in [1.54, 1.807) is 18.9 Å². The number of nitrogens with zero attached hydrogens (tertiary/aromatic N) is 2. The Morgan fingerprint density at radius 1 is 1.26 bits per heavy atom. The van der Waals surface area contributed by atoms with E-state index >= 15 is 0 Å². The lowest BCUT2D eigenvalue weighted by atomic mass is 9.78. The Kier molecular flexibility index (Phi) is 6.48. The highest BCUT2D eigenvalue weighted by Gasteiger charge is 2.60. The standard InChI is InChI=1S/C27H30N2O5S/c1-15-21(25(27(33)34-3)29-24(15)23(16(2)31)26(29)32)14-28-13-19-11-20(17-7-5-4-6-8-17)18(9-10-30)12-22(19)35-28/h4-8,11-12,15-16,23-24,30-31H,9-10,13-14H2,1-3H3. The van der Waals surface area contributed by atoms with Crippen LogP contribution in [0.2, 0.25) is 0 Å². The summed E-state index contributed by atoms with van der Waals surface area (Å²) in [6, 6.07) is 14.3. The van der Waals surface area contributed by atoms with Crippen molar-refractivity contribution in [1.82, 2.24) is 9.21 Å². The zero-order chi connectivity index (χ0) is 24.9. The van der Waals surface area contributed by atoms with Crippen LogP contribution >= 0.6 is 11.9 Å². The van der Waals surface area contributed by atoms with E-state index in [0.29, 0.717) is 25.2 Å². The molecule has 5 rings (SSSR count). The maximum absolute atomic E-state index is 12.8. The van der Waals surface area contributed by atoms with Crippen LogP contribution in [0.25, 0.3) is 11.1 Å². The van der Waals surface area contributed by atoms with Gasteiger partial charge in [-0.1, -0.05) is 37.3 Å². The number of fused-ring (bicyclic) bond motifs is 2. The van der Waals surface area contributed by atoms with E-state index in [9.17, 15) is 19.8 Å². The first kappa shape index (κ1) is 24.1. The molecule has 2 aromatic carbocycles. The number of ether oxygens (including phenoxy) is 1. The topological polar surface area (TPSA) is 90.3 Å². The highest BCUT2D eigenvalue weighted by molar-refractivity contribution is 7.97. The Morgan fingerprint density at radius 2 is 2.00 bits per heavy atom. The fourth-order valence-electron chi connectivity index (χ4n) is 5.67. The van der Waals surface area contributed by atoms with Gasteiger partial charge < -0.3 is 19.8 Å². The van der Waals surface area contributed by atoms with Crippen molar-refractivity contribution in [1.29, 1.82) is 0 Å². The molecule has 1 saturated heterocycles. The quantitative estimate of drug-likeness (QED) is 0.347. The molecule has 2 aromatic rings. The molecule has 0 aliphatic carbocycles. The van der Waals surface area contributed by atoms with E-state index < -0.39 is 18.0 Å². The van der Waals surface area contributed by atoms with Crippen molar-refractivity contribution < 1.29 is 24.5 Å². The molecule has 0 spiro atoms. The van der Waals surface area contributed by atoms with E-state index in [1.807, 2.05) is 25.1 Å². The van der Waals surface area contributed by atoms with Gasteiger partial charge in [-0.25, -0.2) is 9.10 Å². The second-order valence-electron chi connectivity index (χ2n) is 9.47. The molecule has 184 valence electrons. The summed E-state index contributed by atoms with van der Waals surface area (Å²) in [7, 11) is 1.33. The van der Waals surface area contributed by atoms with Crippen LogP contribution in [-0.4, -0.2) is 63.7 Å². The summed E-state index contributed by atoms with van der Waals surface area (Å²) >= 11 is 1.63. The number of β-lactam (4-membered cyclic amide) rings is 1. The molecule has 7 nitrogen and oxygen atoms in total. The number of aliphatic hydroxyl groups is 2. The minimum Gasteiger partial charge on any atom is -0.464 e. The summed E-state index contributed by atoms with van der Waals surface area (Å²) < 4.78 is 7.24. The average molecular weight is 495 g/mol. The van der Waals surface area contributed by atoms with Crippen LogP contribution in [0.1, 0.15) is 25.0 Å². The van der Waals surface area contributed by atoms with E-state index in [-0.39, 0.29) is 24.5 Å². The minimum atomic E-state index is -0.767. The first-order valence-corrected chi connectivity index (χ1v) is 12.7. The third-order valence-corrected chi connectivity index (χ3v) is 8.46. The van der Waals surface area contributed by atoms with Crippen LogP contribution in [0.5, 0.6) is 0 Å². The highest BCUT2D eigenvalue weighted by Crippen LogP contribution is 2.49. The lowest BCUT2D eigenvalue weighted by Gasteiger charge is -2.46. The van der Waals surface area contributed by atoms with Crippen molar-refractivity contribution in [3.63, 3.8) is 0 Å². The van der Waals surface area contributed by atoms with Crippen LogP contribution in [0, 0.1) is 11.8 Å². The monoisotopic (exact) mass is 494 g/mol. The fourth-order valence-corrected chi connectivity index (χ4v) is 6.79. The largest absolute Gasteiger partial charge is 0.464 e. The Morgan fingerprint density at radius 3 is 2.66 bits per heavy atom. The molecule has 35 heavy (non-hydrogen) atoms. The second kappa shape index (κ2) is 9.43. The average Bonchev–Trinajstić information content (AvgIpc) is 3.34. The van der Waals surface area contributed by atoms with Gasteiger partial charge in [-0.15, -0.1) is 0 Å². The third kappa shape index (κ3) is 3.98. The zero-order valence-electron chi connectivity index (χ0n) is 20.1. The van der Waals surface area contributed by atoms with E-state index in [1.165, 1.54) is 17.6 Å². The van der Waals surface area contributed by atoms with Crippen molar-refractivity contribution in [2.24, 2.45) is 11.8 Å².